The Morgan fingerprint density at radius 3 is 0.752 bits per heavy atom. The van der Waals surface area contributed by atoms with Crippen molar-refractivity contribution in [1.82, 2.24) is 45.7 Å². The SMILES string of the molecule is CCn1cc[n+](CCOCCn2cc[n+](CO)c2)c1.C[n+]1ccn(CCOCCn2cc[n+](C)c2)c1.Cc1n(CCOCCn2cc[n+](C)c2C)cc[n+]1C.OCC[n+]1ccn(CCOCCOCCOCCn2cc[n+](CCO)c2)c1.OCC[n+]1ccn(CCOCCOCCOCCn2cc[n+](CCO)c2)c1. The van der Waals surface area contributed by atoms with E-state index in [2.05, 4.69) is 140 Å². The van der Waals surface area contributed by atoms with Crippen LogP contribution in [0.3, 0.4) is 0 Å². The number of aliphatic hydroxyl groups excluding tert-OH is 5. The number of aryl methyl sites for hydroxylation is 5. The summed E-state index contributed by atoms with van der Waals surface area (Å²) < 4.78 is 90.8. The summed E-state index contributed by atoms with van der Waals surface area (Å²) in [6, 6.07) is 0. The van der Waals surface area contributed by atoms with Crippen LogP contribution in [0, 0.1) is 13.8 Å². The van der Waals surface area contributed by atoms with Crippen LogP contribution in [0.4, 0.5) is 0 Å². The van der Waals surface area contributed by atoms with Crippen molar-refractivity contribution in [1.29, 1.82) is 0 Å². The number of hydrogen-bond acceptors (Lipinski definition) is 14. The minimum absolute atomic E-state index is 0.0128. The van der Waals surface area contributed by atoms with E-state index in [1.807, 2.05) is 170 Å². The number of hydrogen-bond donors (Lipinski definition) is 5. The third-order valence-electron chi connectivity index (χ3n) is 17.3. The molecule has 0 aliphatic rings. The molecular formula is C75H130N20O14+10. The monoisotopic (exact) mass is 1540 g/mol. The van der Waals surface area contributed by atoms with Crippen LogP contribution in [0.25, 0.3) is 0 Å². The summed E-state index contributed by atoms with van der Waals surface area (Å²) in [5.41, 5.74) is 0. The van der Waals surface area contributed by atoms with Crippen LogP contribution in [0.1, 0.15) is 18.6 Å². The number of aromatic nitrogens is 20. The Bertz CT molecular complexity index is 3520. The Kier molecular flexibility index (Phi) is 45.1. The number of aliphatic hydroxyl groups is 5. The van der Waals surface area contributed by atoms with Crippen molar-refractivity contribution in [3.8, 4) is 0 Å². The lowest BCUT2D eigenvalue weighted by Crippen LogP contribution is -2.34. The molecule has 10 heterocycles. The smallest absolute Gasteiger partial charge is 0.253 e. The second kappa shape index (κ2) is 55.0. The highest BCUT2D eigenvalue weighted by Crippen LogP contribution is 1.98. The molecule has 0 aliphatic carbocycles. The Balaban J connectivity index is 0.000000215. The minimum atomic E-state index is 0.0128. The van der Waals surface area contributed by atoms with Crippen molar-refractivity contribution in [2.75, 3.05) is 145 Å². The predicted octanol–water partition coefficient (Wildman–Crippen LogP) is -3.32. The van der Waals surface area contributed by atoms with Gasteiger partial charge in [-0.05, 0) is 6.92 Å². The molecule has 34 nitrogen and oxygen atoms in total. The summed E-state index contributed by atoms with van der Waals surface area (Å²) in [5.74, 6) is 2.49. The molecular weight excluding hydrogens is 1400 g/mol. The van der Waals surface area contributed by atoms with Crippen molar-refractivity contribution in [2.45, 2.75) is 126 Å². The average Bonchev–Trinajstić information content (AvgIpc) is 1.74. The van der Waals surface area contributed by atoms with Gasteiger partial charge in [-0.15, -0.1) is 0 Å². The van der Waals surface area contributed by atoms with Gasteiger partial charge in [0.1, 0.15) is 216 Å². The highest BCUT2D eigenvalue weighted by molar-refractivity contribution is 4.81. The Morgan fingerprint density at radius 2 is 0.495 bits per heavy atom. The fraction of sp³-hybridized carbons (Fsp3) is 0.600. The molecule has 0 atom stereocenters. The van der Waals surface area contributed by atoms with Gasteiger partial charge in [0.05, 0.1) is 180 Å². The van der Waals surface area contributed by atoms with E-state index in [9.17, 15) is 0 Å². The molecule has 0 amide bonds. The molecule has 0 bridgehead atoms. The number of rotatable bonds is 52. The summed E-state index contributed by atoms with van der Waals surface area (Å²) in [6.45, 7) is 30.1. The van der Waals surface area contributed by atoms with E-state index in [1.165, 1.54) is 11.6 Å². The lowest BCUT2D eigenvalue weighted by Gasteiger charge is -2.05. The van der Waals surface area contributed by atoms with Gasteiger partial charge in [-0.2, -0.15) is 0 Å². The molecule has 109 heavy (non-hydrogen) atoms. The van der Waals surface area contributed by atoms with Crippen LogP contribution in [0.15, 0.2) is 175 Å². The first-order valence-corrected chi connectivity index (χ1v) is 37.9. The van der Waals surface area contributed by atoms with Gasteiger partial charge in [-0.3, -0.25) is 0 Å². The second-order valence-corrected chi connectivity index (χ2v) is 25.7. The van der Waals surface area contributed by atoms with Gasteiger partial charge in [-0.1, -0.05) is 0 Å². The maximum atomic E-state index is 8.92. The lowest BCUT2D eigenvalue weighted by atomic mass is 10.5. The summed E-state index contributed by atoms with van der Waals surface area (Å²) >= 11 is 0. The van der Waals surface area contributed by atoms with E-state index < -0.39 is 0 Å². The Labute approximate surface area is 642 Å². The van der Waals surface area contributed by atoms with Crippen LogP contribution in [-0.4, -0.2) is 217 Å². The molecule has 0 unspecified atom stereocenters. The van der Waals surface area contributed by atoms with Crippen LogP contribution >= 0.6 is 0 Å². The number of imidazole rings is 10. The normalized spacial score (nSPS) is 11.2. The highest BCUT2D eigenvalue weighted by Gasteiger charge is 2.13. The van der Waals surface area contributed by atoms with E-state index in [-0.39, 0.29) is 33.2 Å². The quantitative estimate of drug-likeness (QED) is 0.0185. The maximum Gasteiger partial charge on any atom is 0.253 e. The molecule has 0 aromatic carbocycles. The molecule has 10 rings (SSSR count). The van der Waals surface area contributed by atoms with Crippen molar-refractivity contribution >= 4 is 0 Å². The van der Waals surface area contributed by atoms with Crippen LogP contribution in [0.5, 0.6) is 0 Å². The molecule has 0 aliphatic heterocycles. The molecule has 0 radical (unpaired) electrons. The van der Waals surface area contributed by atoms with Crippen molar-refractivity contribution < 1.29 is 114 Å². The van der Waals surface area contributed by atoms with Crippen LogP contribution in [0.2, 0.25) is 0 Å². The standard InChI is InChI=1S/2C18H32N4O5.C14H24N4O.C13H22N4O2.C12H20N4O/c2*23-9-5-19-1-3-21(17-19)7-11-25-13-15-27-16-14-26-12-8-22-4-2-20(18-22)6-10-24;1-13-15(3)5-7-17(13)9-11-19-12-10-18-8-6-16(4)14(18)2;1-2-14-3-4-15(11-14)7-9-19-10-8-16-5-6-17(12-16)13-18;1-13-3-5-15(11-13)7-9-17-10-8-16-6-4-14(2)12-16/h2*1-4,17-18,23-24H,5-16H2;5-8H,9-12H2,1-4H3;3-6,11-12,18H,2,7-10,13H2,1H3;3-6,11-12H,7-10H2,1-2H3/q5*+2. The van der Waals surface area contributed by atoms with Gasteiger partial charge in [0.15, 0.2) is 6.73 Å². The Hall–Kier alpha value is -8.46. The first-order valence-electron chi connectivity index (χ1n) is 37.9. The molecule has 34 heteroatoms. The van der Waals surface area contributed by atoms with E-state index >= 15 is 0 Å². The van der Waals surface area contributed by atoms with E-state index in [4.69, 9.17) is 68.2 Å². The minimum Gasteiger partial charge on any atom is -0.392 e. The summed E-state index contributed by atoms with van der Waals surface area (Å²) in [6.07, 6.45) is 55.8. The first-order chi connectivity index (χ1) is 53.3. The predicted molar refractivity (Wildman–Crippen MR) is 393 cm³/mol. The van der Waals surface area contributed by atoms with Gasteiger partial charge < -0.3 is 68.2 Å². The molecule has 0 saturated heterocycles. The third-order valence-corrected chi connectivity index (χ3v) is 17.3. The van der Waals surface area contributed by atoms with Gasteiger partial charge in [0.2, 0.25) is 50.6 Å². The largest absolute Gasteiger partial charge is 0.392 e. The molecule has 0 saturated carbocycles. The van der Waals surface area contributed by atoms with Crippen LogP contribution < -0.4 is 45.7 Å². The fourth-order valence-electron chi connectivity index (χ4n) is 10.7. The maximum absolute atomic E-state index is 8.92. The molecule has 10 aromatic heterocycles. The first kappa shape index (κ1) is 89.4. The third kappa shape index (κ3) is 38.2. The second-order valence-electron chi connectivity index (χ2n) is 25.7. The van der Waals surface area contributed by atoms with E-state index in [0.29, 0.717) is 119 Å². The van der Waals surface area contributed by atoms with Gasteiger partial charge >= 0.3 is 0 Å². The summed E-state index contributed by atoms with van der Waals surface area (Å²) in [4.78, 5) is 0. The van der Waals surface area contributed by atoms with Crippen LogP contribution in [-0.2, 0) is 176 Å². The van der Waals surface area contributed by atoms with E-state index in [1.54, 1.807) is 4.57 Å². The van der Waals surface area contributed by atoms with Crippen molar-refractivity contribution in [3.63, 3.8) is 0 Å². The topological polar surface area (TPSA) is 272 Å². The molecule has 10 aromatic rings. The summed E-state index contributed by atoms with van der Waals surface area (Å²) in [7, 11) is 8.15. The summed E-state index contributed by atoms with van der Waals surface area (Å²) in [5, 5.41) is 44.4. The zero-order valence-electron chi connectivity index (χ0n) is 65.9. The molecule has 0 fully saturated rings. The number of ether oxygens (including phenoxy) is 9. The zero-order chi connectivity index (χ0) is 77.7. The fourth-order valence-corrected chi connectivity index (χ4v) is 10.7. The molecule has 604 valence electrons. The van der Waals surface area contributed by atoms with Gasteiger partial charge in [0.25, 0.3) is 11.6 Å². The number of nitrogens with zero attached hydrogens (tertiary/aromatic N) is 20. The van der Waals surface area contributed by atoms with Gasteiger partial charge in [-0.25, -0.2) is 91.3 Å². The van der Waals surface area contributed by atoms with E-state index in [0.717, 1.165) is 98.4 Å². The highest BCUT2D eigenvalue weighted by atomic mass is 16.6. The Morgan fingerprint density at radius 1 is 0.257 bits per heavy atom. The van der Waals surface area contributed by atoms with Crippen molar-refractivity contribution in [3.05, 3.63) is 186 Å². The molecule has 0 spiro atoms. The lowest BCUT2D eigenvalue weighted by molar-refractivity contribution is -0.729. The van der Waals surface area contributed by atoms with Crippen molar-refractivity contribution in [2.24, 2.45) is 28.2 Å². The molecule has 5 N–H and O–H groups in total. The van der Waals surface area contributed by atoms with Gasteiger partial charge in [0, 0.05) is 13.8 Å². The average molecular weight is 1540 g/mol. The zero-order valence-corrected chi connectivity index (χ0v) is 65.9.